The molecule has 1 heteroatoms. The van der Waals surface area contributed by atoms with E-state index in [0.29, 0.717) is 0 Å². The summed E-state index contributed by atoms with van der Waals surface area (Å²) in [6, 6.07) is 0. The first kappa shape index (κ1) is 7.46. The molecule has 1 aliphatic rings. The summed E-state index contributed by atoms with van der Waals surface area (Å²) in [6.07, 6.45) is 7.91. The van der Waals surface area contributed by atoms with Gasteiger partial charge < -0.3 is 0 Å². The van der Waals surface area contributed by atoms with Crippen LogP contribution in [0.4, 0.5) is 0 Å². The number of hydrogen-bond donors (Lipinski definition) is 0. The van der Waals surface area contributed by atoms with Gasteiger partial charge in [-0.25, -0.2) is 10.0 Å². The van der Waals surface area contributed by atoms with Gasteiger partial charge in [0.25, 0.3) is 0 Å². The molecular formula is C8H18S. The van der Waals surface area contributed by atoms with Crippen LogP contribution in [0, 0.1) is 0 Å². The van der Waals surface area contributed by atoms with Crippen LogP contribution in [0.25, 0.3) is 0 Å². The third-order valence-electron chi connectivity index (χ3n) is 3.05. The summed E-state index contributed by atoms with van der Waals surface area (Å²) in [6.45, 7) is 4.83. The SMILES string of the molecule is CC1CCC(C)S1(C)C. The molecule has 0 nitrogen and oxygen atoms in total. The van der Waals surface area contributed by atoms with E-state index < -0.39 is 0 Å². The van der Waals surface area contributed by atoms with Crippen LogP contribution in [-0.4, -0.2) is 23.0 Å². The van der Waals surface area contributed by atoms with Crippen molar-refractivity contribution in [2.75, 3.05) is 12.5 Å². The molecule has 2 atom stereocenters. The molecule has 1 rings (SSSR count). The van der Waals surface area contributed by atoms with Crippen molar-refractivity contribution in [3.05, 3.63) is 0 Å². The predicted octanol–water partition coefficient (Wildman–Crippen LogP) is 2.62. The van der Waals surface area contributed by atoms with Gasteiger partial charge in [-0.15, -0.1) is 0 Å². The molecule has 0 aromatic carbocycles. The molecule has 9 heavy (non-hydrogen) atoms. The Kier molecular flexibility index (Phi) is 1.81. The van der Waals surface area contributed by atoms with Crippen LogP contribution in [0.5, 0.6) is 0 Å². The van der Waals surface area contributed by atoms with Gasteiger partial charge in [-0.1, -0.05) is 13.8 Å². The van der Waals surface area contributed by atoms with Gasteiger partial charge >= 0.3 is 0 Å². The second-order valence-corrected chi connectivity index (χ2v) is 8.27. The molecule has 0 N–H and O–H groups in total. The van der Waals surface area contributed by atoms with Crippen molar-refractivity contribution in [2.45, 2.75) is 37.2 Å². The van der Waals surface area contributed by atoms with Crippen molar-refractivity contribution in [1.29, 1.82) is 0 Å². The molecule has 0 radical (unpaired) electrons. The Bertz CT molecular complexity index is 95.1. The molecule has 0 aromatic rings. The van der Waals surface area contributed by atoms with Crippen LogP contribution >= 0.6 is 10.0 Å². The molecule has 0 spiro atoms. The lowest BCUT2D eigenvalue weighted by molar-refractivity contribution is 0.777. The third kappa shape index (κ3) is 1.12. The normalized spacial score (nSPS) is 44.9. The topological polar surface area (TPSA) is 0 Å². The fraction of sp³-hybridized carbons (Fsp3) is 1.00. The van der Waals surface area contributed by atoms with Crippen molar-refractivity contribution in [3.8, 4) is 0 Å². The van der Waals surface area contributed by atoms with Crippen LogP contribution in [0.3, 0.4) is 0 Å². The lowest BCUT2D eigenvalue weighted by Gasteiger charge is -2.35. The highest BCUT2D eigenvalue weighted by atomic mass is 32.3. The zero-order valence-electron chi connectivity index (χ0n) is 6.98. The van der Waals surface area contributed by atoms with Crippen molar-refractivity contribution in [2.24, 2.45) is 0 Å². The van der Waals surface area contributed by atoms with Gasteiger partial charge in [0, 0.05) is 0 Å². The Morgan fingerprint density at radius 1 is 1.00 bits per heavy atom. The van der Waals surface area contributed by atoms with E-state index in [4.69, 9.17) is 0 Å². The zero-order valence-corrected chi connectivity index (χ0v) is 7.79. The molecule has 56 valence electrons. The summed E-state index contributed by atoms with van der Waals surface area (Å²) in [4.78, 5) is 0. The van der Waals surface area contributed by atoms with Crippen LogP contribution in [-0.2, 0) is 0 Å². The van der Waals surface area contributed by atoms with E-state index in [1.54, 1.807) is 0 Å². The van der Waals surface area contributed by atoms with E-state index >= 15 is 0 Å². The van der Waals surface area contributed by atoms with Gasteiger partial charge in [0.05, 0.1) is 0 Å². The molecular weight excluding hydrogens is 128 g/mol. The highest BCUT2D eigenvalue weighted by Crippen LogP contribution is 2.58. The van der Waals surface area contributed by atoms with E-state index in [1.807, 2.05) is 0 Å². The average Bonchev–Trinajstić information content (AvgIpc) is 1.96. The molecule has 0 saturated carbocycles. The standard InChI is InChI=1S/C8H18S/c1-7-5-6-8(2)9(7,3)4/h7-8H,5-6H2,1-4H3. The summed E-state index contributed by atoms with van der Waals surface area (Å²) in [5.41, 5.74) is 0. The summed E-state index contributed by atoms with van der Waals surface area (Å²) < 4.78 is 0. The first-order valence-electron chi connectivity index (χ1n) is 3.76. The van der Waals surface area contributed by atoms with Gasteiger partial charge in [-0.05, 0) is 35.9 Å². The van der Waals surface area contributed by atoms with Crippen LogP contribution < -0.4 is 0 Å². The molecule has 1 heterocycles. The van der Waals surface area contributed by atoms with E-state index in [2.05, 4.69) is 26.4 Å². The summed E-state index contributed by atoms with van der Waals surface area (Å²) >= 11 is 0. The van der Waals surface area contributed by atoms with Crippen LogP contribution in [0.1, 0.15) is 26.7 Å². The number of rotatable bonds is 0. The van der Waals surface area contributed by atoms with Crippen molar-refractivity contribution < 1.29 is 0 Å². The highest BCUT2D eigenvalue weighted by Gasteiger charge is 2.32. The van der Waals surface area contributed by atoms with Crippen molar-refractivity contribution >= 4 is 10.0 Å². The van der Waals surface area contributed by atoms with Crippen molar-refractivity contribution in [1.82, 2.24) is 0 Å². The minimum absolute atomic E-state index is 0.204. The van der Waals surface area contributed by atoms with E-state index in [1.165, 1.54) is 12.8 Å². The first-order chi connectivity index (χ1) is 4.05. The summed E-state index contributed by atoms with van der Waals surface area (Å²) in [7, 11) is -0.204. The van der Waals surface area contributed by atoms with E-state index in [0.717, 1.165) is 10.5 Å². The Morgan fingerprint density at radius 3 is 1.44 bits per heavy atom. The Balaban J connectivity index is 2.66. The second kappa shape index (κ2) is 2.19. The van der Waals surface area contributed by atoms with E-state index in [-0.39, 0.29) is 10.0 Å². The maximum absolute atomic E-state index is 2.48. The predicted molar refractivity (Wildman–Crippen MR) is 47.6 cm³/mol. The average molecular weight is 146 g/mol. The monoisotopic (exact) mass is 146 g/mol. The van der Waals surface area contributed by atoms with Crippen LogP contribution in [0.2, 0.25) is 0 Å². The molecule has 0 bridgehead atoms. The first-order valence-corrected chi connectivity index (χ1v) is 6.33. The second-order valence-electron chi connectivity index (χ2n) is 3.69. The van der Waals surface area contributed by atoms with Gasteiger partial charge in [-0.3, -0.25) is 0 Å². The van der Waals surface area contributed by atoms with Gasteiger partial charge in [0.1, 0.15) is 0 Å². The summed E-state index contributed by atoms with van der Waals surface area (Å²) in [5.74, 6) is 0. The van der Waals surface area contributed by atoms with Gasteiger partial charge in [0.2, 0.25) is 0 Å². The lowest BCUT2D eigenvalue weighted by Crippen LogP contribution is -2.12. The Morgan fingerprint density at radius 2 is 1.33 bits per heavy atom. The minimum atomic E-state index is -0.204. The van der Waals surface area contributed by atoms with Crippen molar-refractivity contribution in [3.63, 3.8) is 0 Å². The maximum atomic E-state index is 2.48. The molecule has 1 saturated heterocycles. The molecule has 0 aliphatic carbocycles. The van der Waals surface area contributed by atoms with Gasteiger partial charge in [-0.2, -0.15) is 0 Å². The molecule has 1 fully saturated rings. The lowest BCUT2D eigenvalue weighted by atomic mass is 10.2. The Hall–Kier alpha value is 0.350. The minimum Gasteiger partial charge on any atom is -0.242 e. The Labute approximate surface area is 60.3 Å². The largest absolute Gasteiger partial charge is 0.242 e. The number of hydrogen-bond acceptors (Lipinski definition) is 0. The molecule has 0 amide bonds. The zero-order chi connectivity index (χ0) is 7.07. The van der Waals surface area contributed by atoms with Crippen LogP contribution in [0.15, 0.2) is 0 Å². The summed E-state index contributed by atoms with van der Waals surface area (Å²) in [5, 5.41) is 2.04. The maximum Gasteiger partial charge on any atom is -0.0142 e. The fourth-order valence-corrected chi connectivity index (χ4v) is 3.75. The molecule has 0 aromatic heterocycles. The molecule has 1 aliphatic heterocycles. The van der Waals surface area contributed by atoms with E-state index in [9.17, 15) is 0 Å². The van der Waals surface area contributed by atoms with Gasteiger partial charge in [0.15, 0.2) is 0 Å². The quantitative estimate of drug-likeness (QED) is 0.493. The third-order valence-corrected chi connectivity index (χ3v) is 7.67. The highest BCUT2D eigenvalue weighted by molar-refractivity contribution is 8.33. The fourth-order valence-electron chi connectivity index (χ4n) is 1.47. The smallest absolute Gasteiger partial charge is 0.0142 e. The molecule has 2 unspecified atom stereocenters.